The zero-order valence-corrected chi connectivity index (χ0v) is 14.0. The molecule has 0 fully saturated rings. The molecule has 3 heterocycles. The summed E-state index contributed by atoms with van der Waals surface area (Å²) in [6, 6.07) is 11.8. The molecule has 4 rings (SSSR count). The number of hydrogen-bond donors (Lipinski definition) is 0. The van der Waals surface area contributed by atoms with E-state index in [-0.39, 0.29) is 0 Å². The van der Waals surface area contributed by atoms with Crippen LogP contribution in [-0.4, -0.2) is 25.7 Å². The second kappa shape index (κ2) is 6.52. The normalized spacial score (nSPS) is 11.4. The second-order valence-corrected chi connectivity index (χ2v) is 6.30. The highest BCUT2D eigenvalue weighted by Crippen LogP contribution is 2.28. The van der Waals surface area contributed by atoms with Crippen molar-refractivity contribution in [3.8, 4) is 11.7 Å². The maximum Gasteiger partial charge on any atom is 0.284 e. The number of nitrogens with zero attached hydrogens (tertiary/aromatic N) is 4. The standard InChI is InChI=1S/C17H16N4O2S/c1-2-21-13(7-9-18-21)8-10-24-17-20-19-16(23-17)15-11-12-5-3-4-6-14(12)22-15/h3-7,9,11H,2,8,10H2,1H3. The van der Waals surface area contributed by atoms with Crippen molar-refractivity contribution >= 4 is 22.7 Å². The lowest BCUT2D eigenvalue weighted by atomic mass is 10.2. The van der Waals surface area contributed by atoms with Gasteiger partial charge in [0.2, 0.25) is 0 Å². The number of hydrogen-bond acceptors (Lipinski definition) is 6. The molecule has 6 nitrogen and oxygen atoms in total. The van der Waals surface area contributed by atoms with Crippen LogP contribution in [0.5, 0.6) is 0 Å². The topological polar surface area (TPSA) is 69.9 Å². The quantitative estimate of drug-likeness (QED) is 0.494. The molecule has 7 heteroatoms. The van der Waals surface area contributed by atoms with Gasteiger partial charge < -0.3 is 8.83 Å². The summed E-state index contributed by atoms with van der Waals surface area (Å²) in [7, 11) is 0. The minimum atomic E-state index is 0.410. The van der Waals surface area contributed by atoms with Crippen molar-refractivity contribution in [2.45, 2.75) is 25.1 Å². The van der Waals surface area contributed by atoms with Gasteiger partial charge in [-0.05, 0) is 31.5 Å². The van der Waals surface area contributed by atoms with Crippen LogP contribution >= 0.6 is 11.8 Å². The Bertz CT molecular complexity index is 923. The van der Waals surface area contributed by atoms with E-state index in [9.17, 15) is 0 Å². The molecule has 0 N–H and O–H groups in total. The summed E-state index contributed by atoms with van der Waals surface area (Å²) < 4.78 is 13.4. The molecule has 0 aliphatic heterocycles. The third kappa shape index (κ3) is 2.94. The molecule has 0 amide bonds. The Morgan fingerprint density at radius 3 is 2.92 bits per heavy atom. The highest BCUT2D eigenvalue weighted by atomic mass is 32.2. The van der Waals surface area contributed by atoms with Gasteiger partial charge in [0, 0.05) is 29.6 Å². The molecule has 0 saturated heterocycles. The molecule has 0 radical (unpaired) electrons. The van der Waals surface area contributed by atoms with Gasteiger partial charge in [-0.15, -0.1) is 10.2 Å². The maximum atomic E-state index is 5.74. The predicted octanol–water partition coefficient (Wildman–Crippen LogP) is 4.03. The van der Waals surface area contributed by atoms with Crippen molar-refractivity contribution in [2.75, 3.05) is 5.75 Å². The number of aromatic nitrogens is 4. The molecule has 24 heavy (non-hydrogen) atoms. The lowest BCUT2D eigenvalue weighted by Crippen LogP contribution is -2.03. The number of benzene rings is 1. The van der Waals surface area contributed by atoms with E-state index >= 15 is 0 Å². The van der Waals surface area contributed by atoms with Crippen molar-refractivity contribution in [1.29, 1.82) is 0 Å². The van der Waals surface area contributed by atoms with Crippen LogP contribution in [0, 0.1) is 0 Å². The van der Waals surface area contributed by atoms with Crippen LogP contribution < -0.4 is 0 Å². The van der Waals surface area contributed by atoms with Crippen LogP contribution in [0.25, 0.3) is 22.6 Å². The monoisotopic (exact) mass is 340 g/mol. The van der Waals surface area contributed by atoms with E-state index in [1.165, 1.54) is 17.5 Å². The highest BCUT2D eigenvalue weighted by molar-refractivity contribution is 7.99. The molecule has 0 saturated carbocycles. The van der Waals surface area contributed by atoms with Gasteiger partial charge in [0.1, 0.15) is 5.58 Å². The SMILES string of the molecule is CCn1nccc1CCSc1nnc(-c2cc3ccccc3o2)o1. The van der Waals surface area contributed by atoms with Gasteiger partial charge in [-0.2, -0.15) is 5.10 Å². The summed E-state index contributed by atoms with van der Waals surface area (Å²) in [5.74, 6) is 1.86. The van der Waals surface area contributed by atoms with Gasteiger partial charge in [-0.25, -0.2) is 0 Å². The van der Waals surface area contributed by atoms with E-state index in [4.69, 9.17) is 8.83 Å². The van der Waals surface area contributed by atoms with E-state index in [0.717, 1.165) is 29.7 Å². The largest absolute Gasteiger partial charge is 0.451 e. The van der Waals surface area contributed by atoms with Crippen LogP contribution in [0.15, 0.2) is 56.7 Å². The average molecular weight is 340 g/mol. The van der Waals surface area contributed by atoms with E-state index < -0.39 is 0 Å². The second-order valence-electron chi connectivity index (χ2n) is 5.26. The Kier molecular flexibility index (Phi) is 4.08. The fourth-order valence-electron chi connectivity index (χ4n) is 2.56. The molecule has 122 valence electrons. The van der Waals surface area contributed by atoms with Crippen LogP contribution in [0.1, 0.15) is 12.6 Å². The number of para-hydroxylation sites is 1. The Morgan fingerprint density at radius 1 is 1.12 bits per heavy atom. The van der Waals surface area contributed by atoms with E-state index in [1.54, 1.807) is 0 Å². The van der Waals surface area contributed by atoms with E-state index in [2.05, 4.69) is 22.2 Å². The van der Waals surface area contributed by atoms with Crippen LogP contribution in [0.2, 0.25) is 0 Å². The predicted molar refractivity (Wildman–Crippen MR) is 91.8 cm³/mol. The van der Waals surface area contributed by atoms with Gasteiger partial charge in [0.25, 0.3) is 11.1 Å². The fourth-order valence-corrected chi connectivity index (χ4v) is 3.28. The molecule has 3 aromatic heterocycles. The van der Waals surface area contributed by atoms with Crippen molar-refractivity contribution < 1.29 is 8.83 Å². The molecule has 0 aliphatic rings. The third-order valence-electron chi connectivity index (χ3n) is 3.73. The van der Waals surface area contributed by atoms with Crippen LogP contribution in [-0.2, 0) is 13.0 Å². The molecular formula is C17H16N4O2S. The minimum Gasteiger partial charge on any atom is -0.451 e. The molecule has 0 atom stereocenters. The summed E-state index contributed by atoms with van der Waals surface area (Å²) in [5, 5.41) is 14.0. The highest BCUT2D eigenvalue weighted by Gasteiger charge is 2.14. The average Bonchev–Trinajstić information content (AvgIpc) is 3.33. The summed E-state index contributed by atoms with van der Waals surface area (Å²) in [6.45, 7) is 2.96. The Hall–Kier alpha value is -2.54. The van der Waals surface area contributed by atoms with E-state index in [0.29, 0.717) is 16.9 Å². The van der Waals surface area contributed by atoms with E-state index in [1.807, 2.05) is 47.3 Å². The van der Waals surface area contributed by atoms with Crippen molar-refractivity contribution in [2.24, 2.45) is 0 Å². The van der Waals surface area contributed by atoms with Gasteiger partial charge in [0.05, 0.1) is 0 Å². The molecule has 1 aromatic carbocycles. The van der Waals surface area contributed by atoms with Crippen molar-refractivity contribution in [1.82, 2.24) is 20.0 Å². The van der Waals surface area contributed by atoms with Crippen LogP contribution in [0.4, 0.5) is 0 Å². The third-order valence-corrected chi connectivity index (χ3v) is 4.55. The zero-order valence-electron chi connectivity index (χ0n) is 13.2. The Labute approximate surface area is 142 Å². The first-order valence-electron chi connectivity index (χ1n) is 7.79. The number of rotatable bonds is 6. The smallest absolute Gasteiger partial charge is 0.284 e. The summed E-state index contributed by atoms with van der Waals surface area (Å²) in [4.78, 5) is 0. The number of thioether (sulfide) groups is 1. The Balaban J connectivity index is 1.43. The van der Waals surface area contributed by atoms with Crippen molar-refractivity contribution in [3.05, 3.63) is 48.3 Å². The van der Waals surface area contributed by atoms with Gasteiger partial charge in [-0.3, -0.25) is 4.68 Å². The zero-order chi connectivity index (χ0) is 16.4. The lowest BCUT2D eigenvalue weighted by Gasteiger charge is -2.02. The first kappa shape index (κ1) is 15.0. The number of fused-ring (bicyclic) bond motifs is 1. The molecule has 0 spiro atoms. The first-order valence-corrected chi connectivity index (χ1v) is 8.78. The molecule has 0 unspecified atom stereocenters. The number of aryl methyl sites for hydroxylation is 2. The fraction of sp³-hybridized carbons (Fsp3) is 0.235. The van der Waals surface area contributed by atoms with Gasteiger partial charge >= 0.3 is 0 Å². The summed E-state index contributed by atoms with van der Waals surface area (Å²) in [5.41, 5.74) is 2.02. The number of furan rings is 1. The first-order chi connectivity index (χ1) is 11.8. The lowest BCUT2D eigenvalue weighted by molar-refractivity contribution is 0.451. The molecule has 0 aliphatic carbocycles. The van der Waals surface area contributed by atoms with Crippen LogP contribution in [0.3, 0.4) is 0 Å². The Morgan fingerprint density at radius 2 is 2.04 bits per heavy atom. The van der Waals surface area contributed by atoms with Gasteiger partial charge in [-0.1, -0.05) is 30.0 Å². The maximum absolute atomic E-state index is 5.74. The summed E-state index contributed by atoms with van der Waals surface area (Å²) in [6.07, 6.45) is 2.73. The summed E-state index contributed by atoms with van der Waals surface area (Å²) >= 11 is 1.54. The van der Waals surface area contributed by atoms with Gasteiger partial charge in [0.15, 0.2) is 5.76 Å². The van der Waals surface area contributed by atoms with Crippen molar-refractivity contribution in [3.63, 3.8) is 0 Å². The minimum absolute atomic E-state index is 0.410. The molecule has 0 bridgehead atoms. The molecular weight excluding hydrogens is 324 g/mol. The molecule has 4 aromatic rings.